The molecule has 0 atom stereocenters. The Bertz CT molecular complexity index is 574. The maximum atomic E-state index is 13.8. The van der Waals surface area contributed by atoms with Crippen LogP contribution in [0.5, 0.6) is 0 Å². The molecular weight excluding hydrogens is 383 g/mol. The van der Waals surface area contributed by atoms with Gasteiger partial charge in [0.05, 0.1) is 0 Å². The van der Waals surface area contributed by atoms with Crippen molar-refractivity contribution in [1.82, 2.24) is 0 Å². The van der Waals surface area contributed by atoms with Crippen molar-refractivity contribution < 1.29 is 28.5 Å². The SMILES string of the molecule is CC(=O)OI1OC(C)(C)c2c(F)c(F)c(F)c(F)c21. The van der Waals surface area contributed by atoms with Crippen LogP contribution in [0, 0.1) is 26.8 Å². The molecule has 0 saturated heterocycles. The fourth-order valence-electron chi connectivity index (χ4n) is 1.68. The molecule has 8 heteroatoms. The van der Waals surface area contributed by atoms with Gasteiger partial charge >= 0.3 is 114 Å². The summed E-state index contributed by atoms with van der Waals surface area (Å²) in [7, 11) is 0. The molecular formula is C11H9F4IO3. The first-order valence-corrected chi connectivity index (χ1v) is 7.96. The summed E-state index contributed by atoms with van der Waals surface area (Å²) in [6.07, 6.45) is 0. The minimum absolute atomic E-state index is 0.421. The van der Waals surface area contributed by atoms with Gasteiger partial charge in [0.1, 0.15) is 0 Å². The third kappa shape index (κ3) is 2.20. The van der Waals surface area contributed by atoms with Gasteiger partial charge in [-0.05, 0) is 0 Å². The van der Waals surface area contributed by atoms with E-state index in [0.29, 0.717) is 0 Å². The average molecular weight is 392 g/mol. The van der Waals surface area contributed by atoms with Gasteiger partial charge < -0.3 is 0 Å². The van der Waals surface area contributed by atoms with Gasteiger partial charge in [-0.15, -0.1) is 0 Å². The Morgan fingerprint density at radius 3 is 2.16 bits per heavy atom. The number of hydrogen-bond donors (Lipinski definition) is 0. The van der Waals surface area contributed by atoms with Crippen LogP contribution in [0.15, 0.2) is 0 Å². The molecule has 3 nitrogen and oxygen atoms in total. The molecule has 2 rings (SSSR count). The second kappa shape index (κ2) is 4.58. The predicted octanol–water partition coefficient (Wildman–Crippen LogP) is 3.58. The van der Waals surface area contributed by atoms with Crippen LogP contribution >= 0.6 is 20.6 Å². The van der Waals surface area contributed by atoms with Gasteiger partial charge in [0.25, 0.3) is 0 Å². The Balaban J connectivity index is 2.71. The minimum atomic E-state index is -3.35. The van der Waals surface area contributed by atoms with Crippen molar-refractivity contribution in [2.45, 2.75) is 26.4 Å². The van der Waals surface area contributed by atoms with Crippen LogP contribution in [0.3, 0.4) is 0 Å². The van der Waals surface area contributed by atoms with Gasteiger partial charge in [-0.25, -0.2) is 0 Å². The maximum absolute atomic E-state index is 13.8. The monoisotopic (exact) mass is 392 g/mol. The first-order chi connectivity index (χ1) is 8.66. The van der Waals surface area contributed by atoms with Crippen LogP contribution in [0.25, 0.3) is 0 Å². The summed E-state index contributed by atoms with van der Waals surface area (Å²) in [5.74, 6) is -7.63. The van der Waals surface area contributed by atoms with Gasteiger partial charge in [-0.1, -0.05) is 0 Å². The third-order valence-corrected chi connectivity index (χ3v) is 6.82. The van der Waals surface area contributed by atoms with Crippen LogP contribution in [-0.2, 0) is 16.5 Å². The van der Waals surface area contributed by atoms with Gasteiger partial charge in [0.15, 0.2) is 0 Å². The predicted molar refractivity (Wildman–Crippen MR) is 64.9 cm³/mol. The molecule has 0 N–H and O–H groups in total. The third-order valence-electron chi connectivity index (χ3n) is 2.41. The number of rotatable bonds is 1. The average Bonchev–Trinajstić information content (AvgIpc) is 2.53. The Labute approximate surface area is 114 Å². The quantitative estimate of drug-likeness (QED) is 0.317. The first kappa shape index (κ1) is 14.5. The molecule has 0 fully saturated rings. The number of carbonyl (C=O) groups excluding carboxylic acids is 1. The summed E-state index contributed by atoms with van der Waals surface area (Å²) in [6, 6.07) is 0. The summed E-state index contributed by atoms with van der Waals surface area (Å²) in [5.41, 5.74) is -1.80. The number of carbonyl (C=O) groups is 1. The van der Waals surface area contributed by atoms with Crippen molar-refractivity contribution >= 4 is 26.6 Å². The van der Waals surface area contributed by atoms with Crippen molar-refractivity contribution in [3.63, 3.8) is 0 Å². The Hall–Kier alpha value is -0.900. The van der Waals surface area contributed by atoms with E-state index in [4.69, 9.17) is 6.13 Å². The van der Waals surface area contributed by atoms with Gasteiger partial charge in [-0.2, -0.15) is 0 Å². The van der Waals surface area contributed by atoms with Gasteiger partial charge in [0, 0.05) is 0 Å². The summed E-state index contributed by atoms with van der Waals surface area (Å²) in [5, 5.41) is 0. The second-order valence-electron chi connectivity index (χ2n) is 4.32. The number of hydrogen-bond acceptors (Lipinski definition) is 3. The summed E-state index contributed by atoms with van der Waals surface area (Å²) in [4.78, 5) is 10.9. The normalized spacial score (nSPS) is 18.4. The summed E-state index contributed by atoms with van der Waals surface area (Å²) >= 11 is -3.35. The molecule has 0 unspecified atom stereocenters. The molecule has 1 aliphatic rings. The van der Waals surface area contributed by atoms with E-state index in [0.717, 1.165) is 6.92 Å². The number of halogens is 5. The van der Waals surface area contributed by atoms with E-state index in [1.165, 1.54) is 13.8 Å². The van der Waals surface area contributed by atoms with Crippen LogP contribution in [0.4, 0.5) is 17.6 Å². The van der Waals surface area contributed by atoms with E-state index in [2.05, 4.69) is 0 Å². The Kier molecular flexibility index (Phi) is 3.50. The Morgan fingerprint density at radius 1 is 1.11 bits per heavy atom. The molecule has 1 heterocycles. The molecule has 1 aliphatic heterocycles. The molecule has 106 valence electrons. The van der Waals surface area contributed by atoms with Gasteiger partial charge in [-0.3, -0.25) is 0 Å². The van der Waals surface area contributed by atoms with Crippen molar-refractivity contribution in [3.05, 3.63) is 32.4 Å². The molecule has 1 aromatic rings. The van der Waals surface area contributed by atoms with E-state index in [-0.39, 0.29) is 0 Å². The zero-order valence-electron chi connectivity index (χ0n) is 10.1. The Morgan fingerprint density at radius 2 is 1.63 bits per heavy atom. The van der Waals surface area contributed by atoms with Crippen molar-refractivity contribution in [2.75, 3.05) is 0 Å². The van der Waals surface area contributed by atoms with E-state index in [9.17, 15) is 22.4 Å². The van der Waals surface area contributed by atoms with Crippen LogP contribution in [0.1, 0.15) is 26.3 Å². The molecule has 0 radical (unpaired) electrons. The zero-order chi connectivity index (χ0) is 14.5. The summed E-state index contributed by atoms with van der Waals surface area (Å²) in [6.45, 7) is 3.80. The standard InChI is InChI=1S/C11H9F4IO3/c1-4(17)18-16-10-5(11(2,3)19-16)6(12)7(13)8(14)9(10)15/h1-3H3. The van der Waals surface area contributed by atoms with Crippen molar-refractivity contribution in [1.29, 1.82) is 0 Å². The summed E-state index contributed by atoms with van der Waals surface area (Å²) < 4.78 is 63.7. The number of fused-ring (bicyclic) bond motifs is 1. The zero-order valence-corrected chi connectivity index (χ0v) is 12.3. The first-order valence-electron chi connectivity index (χ1n) is 5.12. The van der Waals surface area contributed by atoms with E-state index < -0.39 is 64.6 Å². The van der Waals surface area contributed by atoms with E-state index >= 15 is 0 Å². The number of benzene rings is 1. The fraction of sp³-hybridized carbons (Fsp3) is 0.364. The molecule has 19 heavy (non-hydrogen) atoms. The topological polar surface area (TPSA) is 35.5 Å². The molecule has 0 aliphatic carbocycles. The molecule has 0 amide bonds. The second-order valence-corrected chi connectivity index (χ2v) is 7.52. The van der Waals surface area contributed by atoms with Crippen LogP contribution < -0.4 is 0 Å². The van der Waals surface area contributed by atoms with E-state index in [1.54, 1.807) is 0 Å². The molecule has 1 aromatic carbocycles. The molecule has 0 saturated carbocycles. The van der Waals surface area contributed by atoms with Crippen molar-refractivity contribution in [2.24, 2.45) is 0 Å². The molecule has 0 spiro atoms. The van der Waals surface area contributed by atoms with Gasteiger partial charge in [0.2, 0.25) is 0 Å². The fourth-order valence-corrected chi connectivity index (χ4v) is 5.95. The van der Waals surface area contributed by atoms with Crippen LogP contribution in [-0.4, -0.2) is 5.97 Å². The van der Waals surface area contributed by atoms with Crippen LogP contribution in [0.2, 0.25) is 0 Å². The molecule has 0 bridgehead atoms. The van der Waals surface area contributed by atoms with Crippen molar-refractivity contribution in [3.8, 4) is 0 Å². The molecule has 0 aromatic heterocycles. The van der Waals surface area contributed by atoms with E-state index in [1.807, 2.05) is 0 Å².